The van der Waals surface area contributed by atoms with E-state index in [0.717, 1.165) is 24.2 Å². The fraction of sp³-hybridized carbons (Fsp3) is 0.462. The molecule has 2 fully saturated rings. The monoisotopic (exact) mass is 460 g/mol. The summed E-state index contributed by atoms with van der Waals surface area (Å²) in [6.45, 7) is 4.70. The van der Waals surface area contributed by atoms with Crippen LogP contribution in [0.4, 0.5) is 5.82 Å². The van der Waals surface area contributed by atoms with E-state index in [2.05, 4.69) is 51.3 Å². The topological polar surface area (TPSA) is 96.3 Å². The molecular formula is C26H32N6O2. The van der Waals surface area contributed by atoms with Gasteiger partial charge in [-0.2, -0.15) is 0 Å². The normalized spacial score (nSPS) is 26.2. The maximum Gasteiger partial charge on any atom is 0.216 e. The number of nitrogens with one attached hydrogen (secondary N) is 1. The number of benzene rings is 1. The van der Waals surface area contributed by atoms with Crippen LogP contribution in [0.5, 0.6) is 11.6 Å². The van der Waals surface area contributed by atoms with Crippen molar-refractivity contribution in [2.45, 2.75) is 63.1 Å². The third-order valence-electron chi connectivity index (χ3n) is 7.41. The molecule has 3 atom stereocenters. The van der Waals surface area contributed by atoms with Crippen molar-refractivity contribution in [3.63, 3.8) is 0 Å². The van der Waals surface area contributed by atoms with Crippen LogP contribution in [0, 0.1) is 0 Å². The molecule has 4 heterocycles. The molecule has 2 aliphatic heterocycles. The highest BCUT2D eigenvalue weighted by molar-refractivity contribution is 5.73. The van der Waals surface area contributed by atoms with Crippen LogP contribution in [-0.4, -0.2) is 56.5 Å². The van der Waals surface area contributed by atoms with E-state index in [1.807, 2.05) is 24.3 Å². The molecule has 34 heavy (non-hydrogen) atoms. The van der Waals surface area contributed by atoms with Gasteiger partial charge in [-0.3, -0.25) is 0 Å². The van der Waals surface area contributed by atoms with Gasteiger partial charge in [-0.15, -0.1) is 10.2 Å². The number of fused-ring (bicyclic) bond motifs is 2. The van der Waals surface area contributed by atoms with Crippen LogP contribution in [0.2, 0.25) is 0 Å². The molecule has 0 amide bonds. The Balaban J connectivity index is 1.35. The van der Waals surface area contributed by atoms with Crippen molar-refractivity contribution in [1.82, 2.24) is 25.5 Å². The van der Waals surface area contributed by atoms with Crippen molar-refractivity contribution in [3.05, 3.63) is 42.7 Å². The minimum atomic E-state index is 0.123. The maximum absolute atomic E-state index is 10.7. The van der Waals surface area contributed by atoms with Gasteiger partial charge in [0.1, 0.15) is 12.1 Å². The molecule has 3 aromatic rings. The fourth-order valence-electron chi connectivity index (χ4n) is 5.78. The van der Waals surface area contributed by atoms with Crippen LogP contribution in [0.25, 0.3) is 22.5 Å². The molecule has 2 saturated heterocycles. The van der Waals surface area contributed by atoms with E-state index >= 15 is 0 Å². The first kappa shape index (κ1) is 22.5. The second-order valence-corrected chi connectivity index (χ2v) is 10.2. The zero-order chi connectivity index (χ0) is 23.9. The number of methoxy groups -OCH3 is 1. The first-order valence-corrected chi connectivity index (χ1v) is 11.8. The van der Waals surface area contributed by atoms with Crippen LogP contribution < -0.4 is 15.0 Å². The summed E-state index contributed by atoms with van der Waals surface area (Å²) in [5.41, 5.74) is 3.05. The molecule has 2 bridgehead atoms. The van der Waals surface area contributed by atoms with Gasteiger partial charge in [0.25, 0.3) is 0 Å². The molecule has 178 valence electrons. The summed E-state index contributed by atoms with van der Waals surface area (Å²) in [6, 6.07) is 11.5. The van der Waals surface area contributed by atoms with Crippen LogP contribution in [0.1, 0.15) is 46.0 Å². The number of ether oxygens (including phenoxy) is 1. The number of hydrogen-bond acceptors (Lipinski definition) is 8. The molecule has 0 aliphatic carbocycles. The van der Waals surface area contributed by atoms with Crippen LogP contribution in [-0.2, 0) is 0 Å². The van der Waals surface area contributed by atoms with Crippen molar-refractivity contribution < 1.29 is 9.84 Å². The number of piperidine rings is 2. The lowest BCUT2D eigenvalue weighted by molar-refractivity contribution is 0.0784. The smallest absolute Gasteiger partial charge is 0.216 e. The zero-order valence-corrected chi connectivity index (χ0v) is 20.2. The minimum Gasteiger partial charge on any atom is -0.507 e. The molecule has 2 aliphatic rings. The molecule has 8 nitrogen and oxygen atoms in total. The van der Waals surface area contributed by atoms with Crippen molar-refractivity contribution in [3.8, 4) is 34.1 Å². The Kier molecular flexibility index (Phi) is 5.64. The van der Waals surface area contributed by atoms with Crippen molar-refractivity contribution in [2.24, 2.45) is 0 Å². The van der Waals surface area contributed by atoms with Crippen molar-refractivity contribution >= 4 is 5.82 Å². The Morgan fingerprint density at radius 2 is 1.76 bits per heavy atom. The van der Waals surface area contributed by atoms with E-state index in [1.54, 1.807) is 19.2 Å². The molecule has 0 saturated carbocycles. The average Bonchev–Trinajstić information content (AvgIpc) is 2.82. The van der Waals surface area contributed by atoms with Gasteiger partial charge in [-0.1, -0.05) is 6.07 Å². The molecule has 2 aromatic heterocycles. The summed E-state index contributed by atoms with van der Waals surface area (Å²) in [6.07, 6.45) is 7.36. The van der Waals surface area contributed by atoms with Crippen molar-refractivity contribution in [2.75, 3.05) is 19.1 Å². The molecule has 0 spiro atoms. The first-order valence-electron chi connectivity index (χ1n) is 11.8. The Morgan fingerprint density at radius 1 is 1.00 bits per heavy atom. The van der Waals surface area contributed by atoms with Gasteiger partial charge in [-0.25, -0.2) is 9.97 Å². The number of rotatable bonds is 5. The Morgan fingerprint density at radius 3 is 2.41 bits per heavy atom. The van der Waals surface area contributed by atoms with Crippen LogP contribution >= 0.6 is 0 Å². The second-order valence-electron chi connectivity index (χ2n) is 10.2. The van der Waals surface area contributed by atoms with E-state index in [4.69, 9.17) is 4.74 Å². The largest absolute Gasteiger partial charge is 0.507 e. The number of phenolic OH excluding ortho intramolecular Hbond substituents is 1. The molecular weight excluding hydrogens is 428 g/mol. The Bertz CT molecular complexity index is 1170. The number of aromatic hydroxyl groups is 1. The lowest BCUT2D eigenvalue weighted by atomic mass is 9.69. The predicted octanol–water partition coefficient (Wildman–Crippen LogP) is 4.20. The lowest BCUT2D eigenvalue weighted by Crippen LogP contribution is -2.66. The van der Waals surface area contributed by atoms with Gasteiger partial charge in [-0.05, 0) is 70.2 Å². The molecule has 0 radical (unpaired) electrons. The van der Waals surface area contributed by atoms with E-state index in [-0.39, 0.29) is 16.8 Å². The second kappa shape index (κ2) is 8.51. The van der Waals surface area contributed by atoms with E-state index in [0.29, 0.717) is 28.9 Å². The van der Waals surface area contributed by atoms with Gasteiger partial charge in [0, 0.05) is 41.4 Å². The summed E-state index contributed by atoms with van der Waals surface area (Å²) in [5, 5.41) is 23.6. The van der Waals surface area contributed by atoms with Gasteiger partial charge in [0.15, 0.2) is 5.82 Å². The van der Waals surface area contributed by atoms with E-state index in [1.165, 1.54) is 25.6 Å². The van der Waals surface area contributed by atoms with E-state index in [9.17, 15) is 5.11 Å². The van der Waals surface area contributed by atoms with Gasteiger partial charge >= 0.3 is 0 Å². The van der Waals surface area contributed by atoms with Crippen LogP contribution in [0.15, 0.2) is 42.7 Å². The highest BCUT2D eigenvalue weighted by Crippen LogP contribution is 2.42. The summed E-state index contributed by atoms with van der Waals surface area (Å²) < 4.78 is 5.17. The maximum atomic E-state index is 10.7. The number of nitrogens with zero attached hydrogens (tertiary/aromatic N) is 5. The van der Waals surface area contributed by atoms with Gasteiger partial charge < -0.3 is 20.1 Å². The predicted molar refractivity (Wildman–Crippen MR) is 132 cm³/mol. The first-order chi connectivity index (χ1) is 16.3. The van der Waals surface area contributed by atoms with Crippen molar-refractivity contribution in [1.29, 1.82) is 0 Å². The highest BCUT2D eigenvalue weighted by Gasteiger charge is 2.46. The van der Waals surface area contributed by atoms with Gasteiger partial charge in [0.05, 0.1) is 18.5 Å². The molecule has 5 rings (SSSR count). The average molecular weight is 461 g/mol. The zero-order valence-electron chi connectivity index (χ0n) is 20.2. The fourth-order valence-corrected chi connectivity index (χ4v) is 5.78. The molecule has 1 aromatic carbocycles. The highest BCUT2D eigenvalue weighted by atomic mass is 16.5. The lowest BCUT2D eigenvalue weighted by Gasteiger charge is -2.55. The number of hydrogen-bond donors (Lipinski definition) is 2. The van der Waals surface area contributed by atoms with Crippen LogP contribution in [0.3, 0.4) is 0 Å². The molecule has 0 unspecified atom stereocenters. The SMILES string of the molecule is COc1cc(-c2ccc(-c3ccc(N(C)[C@H]4C[C@]5(C)CCC[C@](C)(C4)N5)nn3)c(O)c2)ncn1. The minimum absolute atomic E-state index is 0.123. The standard InChI is InChI=1S/C26H32N6O2/c1-25-10-5-11-26(2,31-25)15-18(14-25)32(3)23-9-8-20(29-30-23)19-7-6-17(12-22(19)33)21-13-24(34-4)28-16-27-21/h6-9,12-13,16,18,31,33H,5,10-11,14-15H2,1-4H3/t18-,25-,26+. The third kappa shape index (κ3) is 4.30. The number of anilines is 1. The summed E-state index contributed by atoms with van der Waals surface area (Å²) in [7, 11) is 3.67. The third-order valence-corrected chi connectivity index (χ3v) is 7.41. The van der Waals surface area contributed by atoms with Gasteiger partial charge in [0.2, 0.25) is 5.88 Å². The number of aromatic nitrogens is 4. The Hall–Kier alpha value is -3.26. The molecule has 8 heteroatoms. The van der Waals surface area contributed by atoms with E-state index < -0.39 is 0 Å². The molecule has 2 N–H and O–H groups in total. The summed E-state index contributed by atoms with van der Waals surface area (Å²) in [4.78, 5) is 10.6. The number of phenols is 1. The summed E-state index contributed by atoms with van der Waals surface area (Å²) in [5.74, 6) is 1.45. The summed E-state index contributed by atoms with van der Waals surface area (Å²) >= 11 is 0. The Labute approximate surface area is 200 Å². The quantitative estimate of drug-likeness (QED) is 0.585.